The van der Waals surface area contributed by atoms with Gasteiger partial charge in [-0.2, -0.15) is 0 Å². The molecular formula is C12H14O4. The first-order chi connectivity index (χ1) is 7.69. The average molecular weight is 222 g/mol. The molecule has 1 aromatic rings. The summed E-state index contributed by atoms with van der Waals surface area (Å²) in [6, 6.07) is 4.65. The molecule has 86 valence electrons. The van der Waals surface area contributed by atoms with Crippen LogP contribution in [0.2, 0.25) is 0 Å². The average Bonchev–Trinajstić information content (AvgIpc) is 2.30. The number of hydrogen-bond donors (Lipinski definition) is 2. The quantitative estimate of drug-likeness (QED) is 0.759. The lowest BCUT2D eigenvalue weighted by molar-refractivity contribution is 0.0597. The molecule has 2 N–H and O–H groups in total. The van der Waals surface area contributed by atoms with Gasteiger partial charge in [-0.05, 0) is 24.1 Å². The van der Waals surface area contributed by atoms with Crippen LogP contribution in [-0.2, 0) is 4.74 Å². The van der Waals surface area contributed by atoms with Gasteiger partial charge in [0.2, 0.25) is 0 Å². The highest BCUT2D eigenvalue weighted by Crippen LogP contribution is 2.20. The molecule has 0 aromatic heterocycles. The van der Waals surface area contributed by atoms with Crippen molar-refractivity contribution in [1.82, 2.24) is 0 Å². The third-order valence-electron chi connectivity index (χ3n) is 2.03. The number of benzene rings is 1. The van der Waals surface area contributed by atoms with Gasteiger partial charge in [-0.1, -0.05) is 18.2 Å². The van der Waals surface area contributed by atoms with E-state index >= 15 is 0 Å². The number of methoxy groups -OCH3 is 1. The Balaban J connectivity index is 2.93. The maximum atomic E-state index is 11.3. The van der Waals surface area contributed by atoms with E-state index in [1.165, 1.54) is 19.2 Å². The first kappa shape index (κ1) is 12.3. The van der Waals surface area contributed by atoms with Gasteiger partial charge in [0.25, 0.3) is 0 Å². The number of hydrogen-bond acceptors (Lipinski definition) is 4. The van der Waals surface area contributed by atoms with E-state index in [0.29, 0.717) is 6.42 Å². The molecule has 0 radical (unpaired) electrons. The fourth-order valence-corrected chi connectivity index (χ4v) is 1.22. The monoisotopic (exact) mass is 222 g/mol. The largest absolute Gasteiger partial charge is 0.507 e. The zero-order valence-corrected chi connectivity index (χ0v) is 9.01. The van der Waals surface area contributed by atoms with Crippen molar-refractivity contribution in [1.29, 1.82) is 0 Å². The van der Waals surface area contributed by atoms with E-state index in [2.05, 4.69) is 4.74 Å². The Morgan fingerprint density at radius 2 is 2.25 bits per heavy atom. The summed E-state index contributed by atoms with van der Waals surface area (Å²) in [6.45, 7) is 0.0818. The van der Waals surface area contributed by atoms with Crippen LogP contribution in [0, 0.1) is 0 Å². The number of aromatic hydroxyl groups is 1. The summed E-state index contributed by atoms with van der Waals surface area (Å²) < 4.78 is 4.53. The molecule has 0 fully saturated rings. The molecular weight excluding hydrogens is 208 g/mol. The molecule has 1 rings (SSSR count). The molecule has 0 amide bonds. The van der Waals surface area contributed by atoms with E-state index in [1.807, 2.05) is 0 Å². The molecule has 0 heterocycles. The van der Waals surface area contributed by atoms with Crippen LogP contribution < -0.4 is 0 Å². The van der Waals surface area contributed by atoms with Crippen LogP contribution in [0.25, 0.3) is 6.08 Å². The molecule has 0 aliphatic rings. The SMILES string of the molecule is COC(=O)c1cc(C=CCCO)ccc1O. The molecule has 0 bridgehead atoms. The van der Waals surface area contributed by atoms with Crippen LogP contribution in [-0.4, -0.2) is 29.9 Å². The van der Waals surface area contributed by atoms with Gasteiger partial charge < -0.3 is 14.9 Å². The van der Waals surface area contributed by atoms with Crippen molar-refractivity contribution < 1.29 is 19.7 Å². The Kier molecular flexibility index (Phi) is 4.54. The molecule has 0 unspecified atom stereocenters. The number of phenolic OH excluding ortho intramolecular Hbond substituents is 1. The van der Waals surface area contributed by atoms with Gasteiger partial charge in [-0.3, -0.25) is 0 Å². The minimum Gasteiger partial charge on any atom is -0.507 e. The molecule has 4 nitrogen and oxygen atoms in total. The zero-order valence-electron chi connectivity index (χ0n) is 9.01. The van der Waals surface area contributed by atoms with Crippen LogP contribution in [0.4, 0.5) is 0 Å². The van der Waals surface area contributed by atoms with E-state index in [-0.39, 0.29) is 17.9 Å². The van der Waals surface area contributed by atoms with Crippen molar-refractivity contribution in [2.75, 3.05) is 13.7 Å². The summed E-state index contributed by atoms with van der Waals surface area (Å²) in [5.74, 6) is -0.680. The van der Waals surface area contributed by atoms with E-state index in [4.69, 9.17) is 5.11 Å². The van der Waals surface area contributed by atoms with Crippen LogP contribution in [0.15, 0.2) is 24.3 Å². The van der Waals surface area contributed by atoms with Gasteiger partial charge in [0.1, 0.15) is 11.3 Å². The van der Waals surface area contributed by atoms with Gasteiger partial charge >= 0.3 is 5.97 Å². The summed E-state index contributed by atoms with van der Waals surface area (Å²) in [5, 5.41) is 18.0. The van der Waals surface area contributed by atoms with Crippen LogP contribution in [0.1, 0.15) is 22.3 Å². The lowest BCUT2D eigenvalue weighted by Crippen LogP contribution is -2.01. The third kappa shape index (κ3) is 3.10. The topological polar surface area (TPSA) is 66.8 Å². The molecule has 0 atom stereocenters. The molecule has 0 aliphatic carbocycles. The highest BCUT2D eigenvalue weighted by Gasteiger charge is 2.10. The lowest BCUT2D eigenvalue weighted by atomic mass is 10.1. The number of aliphatic hydroxyl groups is 1. The van der Waals surface area contributed by atoms with Crippen molar-refractivity contribution in [3.05, 3.63) is 35.4 Å². The minimum atomic E-state index is -0.574. The smallest absolute Gasteiger partial charge is 0.341 e. The molecule has 0 saturated heterocycles. The predicted octanol–water partition coefficient (Wildman–Crippen LogP) is 1.57. The van der Waals surface area contributed by atoms with Gasteiger partial charge in [0.15, 0.2) is 0 Å². The Labute approximate surface area is 93.8 Å². The Morgan fingerprint density at radius 3 is 2.88 bits per heavy atom. The zero-order chi connectivity index (χ0) is 12.0. The van der Waals surface area contributed by atoms with Gasteiger partial charge in [-0.25, -0.2) is 4.79 Å². The highest BCUT2D eigenvalue weighted by atomic mass is 16.5. The van der Waals surface area contributed by atoms with Gasteiger partial charge in [0.05, 0.1) is 7.11 Å². The molecule has 0 saturated carbocycles. The van der Waals surface area contributed by atoms with E-state index < -0.39 is 5.97 Å². The van der Waals surface area contributed by atoms with E-state index in [1.54, 1.807) is 18.2 Å². The first-order valence-electron chi connectivity index (χ1n) is 4.87. The Hall–Kier alpha value is -1.81. The van der Waals surface area contributed by atoms with Gasteiger partial charge in [0, 0.05) is 6.61 Å². The Morgan fingerprint density at radius 1 is 1.50 bits per heavy atom. The summed E-state index contributed by atoms with van der Waals surface area (Å²) in [6.07, 6.45) is 4.10. The number of esters is 1. The van der Waals surface area contributed by atoms with E-state index in [0.717, 1.165) is 5.56 Å². The predicted molar refractivity (Wildman–Crippen MR) is 60.2 cm³/mol. The highest BCUT2D eigenvalue weighted by molar-refractivity contribution is 5.93. The normalized spacial score (nSPS) is 10.6. The Bertz CT molecular complexity index is 396. The molecule has 16 heavy (non-hydrogen) atoms. The van der Waals surface area contributed by atoms with E-state index in [9.17, 15) is 9.90 Å². The maximum Gasteiger partial charge on any atom is 0.341 e. The van der Waals surface area contributed by atoms with Crippen LogP contribution in [0.5, 0.6) is 5.75 Å². The lowest BCUT2D eigenvalue weighted by Gasteiger charge is -2.03. The summed E-state index contributed by atoms with van der Waals surface area (Å²) in [5.41, 5.74) is 0.903. The van der Waals surface area contributed by atoms with Crippen LogP contribution >= 0.6 is 0 Å². The third-order valence-corrected chi connectivity index (χ3v) is 2.03. The number of ether oxygens (including phenoxy) is 1. The first-order valence-corrected chi connectivity index (χ1v) is 4.87. The van der Waals surface area contributed by atoms with Crippen LogP contribution in [0.3, 0.4) is 0 Å². The second kappa shape index (κ2) is 5.92. The number of aliphatic hydroxyl groups excluding tert-OH is 1. The summed E-state index contributed by atoms with van der Waals surface area (Å²) >= 11 is 0. The van der Waals surface area contributed by atoms with Gasteiger partial charge in [-0.15, -0.1) is 0 Å². The standard InChI is InChI=1S/C12H14O4/c1-16-12(15)10-8-9(4-2-3-7-13)5-6-11(10)14/h2,4-6,8,13-14H,3,7H2,1H3. The molecule has 0 aliphatic heterocycles. The summed E-state index contributed by atoms with van der Waals surface area (Å²) in [4.78, 5) is 11.3. The fourth-order valence-electron chi connectivity index (χ4n) is 1.22. The molecule has 4 heteroatoms. The van der Waals surface area contributed by atoms with Crippen molar-refractivity contribution in [3.63, 3.8) is 0 Å². The van der Waals surface area contributed by atoms with Crippen molar-refractivity contribution >= 4 is 12.0 Å². The number of carbonyl (C=O) groups is 1. The second-order valence-corrected chi connectivity index (χ2v) is 3.18. The minimum absolute atomic E-state index is 0.0818. The van der Waals surface area contributed by atoms with Crippen molar-refractivity contribution in [2.45, 2.75) is 6.42 Å². The molecule has 0 spiro atoms. The number of phenols is 1. The van der Waals surface area contributed by atoms with Crippen molar-refractivity contribution in [2.24, 2.45) is 0 Å². The van der Waals surface area contributed by atoms with Crippen molar-refractivity contribution in [3.8, 4) is 5.75 Å². The molecule has 1 aromatic carbocycles. The fraction of sp³-hybridized carbons (Fsp3) is 0.250. The number of rotatable bonds is 4. The number of carbonyl (C=O) groups excluding carboxylic acids is 1. The summed E-state index contributed by atoms with van der Waals surface area (Å²) in [7, 11) is 1.26. The maximum absolute atomic E-state index is 11.3. The second-order valence-electron chi connectivity index (χ2n) is 3.18.